The molecule has 1 aromatic heterocycles. The minimum absolute atomic E-state index is 0.175. The lowest BCUT2D eigenvalue weighted by molar-refractivity contribution is -0.137. The van der Waals surface area contributed by atoms with E-state index in [0.29, 0.717) is 11.8 Å². The maximum atomic E-state index is 13.1. The Morgan fingerprint density at radius 1 is 1.15 bits per heavy atom. The lowest BCUT2D eigenvalue weighted by Gasteiger charge is -2.38. The summed E-state index contributed by atoms with van der Waals surface area (Å²) >= 11 is 0. The molecule has 4 heteroatoms. The minimum Gasteiger partial charge on any atom is -0.448 e. The van der Waals surface area contributed by atoms with Crippen LogP contribution >= 0.6 is 0 Å². The zero-order valence-corrected chi connectivity index (χ0v) is 16.5. The molecule has 2 aromatic rings. The Hall–Kier alpha value is -2.10. The molecule has 1 aliphatic heterocycles. The SMILES string of the molecule is CCc1ccc(C2CC(c3nc(C)co3)CN(C(=O)C3CCCC3)C2)cc1. The number of benzene rings is 1. The summed E-state index contributed by atoms with van der Waals surface area (Å²) in [6.45, 7) is 5.69. The normalized spacial score (nSPS) is 23.7. The highest BCUT2D eigenvalue weighted by molar-refractivity contribution is 5.79. The van der Waals surface area contributed by atoms with Crippen molar-refractivity contribution in [2.24, 2.45) is 5.92 Å². The summed E-state index contributed by atoms with van der Waals surface area (Å²) in [5.74, 6) is 1.86. The van der Waals surface area contributed by atoms with Gasteiger partial charge in [0, 0.05) is 24.9 Å². The van der Waals surface area contributed by atoms with Crippen molar-refractivity contribution in [1.29, 1.82) is 0 Å². The van der Waals surface area contributed by atoms with E-state index in [1.165, 1.54) is 24.0 Å². The number of carbonyl (C=O) groups excluding carboxylic acids is 1. The van der Waals surface area contributed by atoms with Crippen LogP contribution in [0.15, 0.2) is 34.9 Å². The summed E-state index contributed by atoms with van der Waals surface area (Å²) in [4.78, 5) is 19.8. The third-order valence-corrected chi connectivity index (χ3v) is 6.31. The molecule has 1 saturated heterocycles. The van der Waals surface area contributed by atoms with Gasteiger partial charge in [0.1, 0.15) is 6.26 Å². The highest BCUT2D eigenvalue weighted by Crippen LogP contribution is 2.37. The molecule has 0 N–H and O–H groups in total. The number of aromatic nitrogens is 1. The molecular formula is C23H30N2O2. The van der Waals surface area contributed by atoms with E-state index in [4.69, 9.17) is 4.42 Å². The molecule has 1 amide bonds. The smallest absolute Gasteiger partial charge is 0.225 e. The Labute approximate surface area is 162 Å². The number of rotatable bonds is 4. The van der Waals surface area contributed by atoms with Crippen LogP contribution in [0.25, 0.3) is 0 Å². The topological polar surface area (TPSA) is 46.3 Å². The van der Waals surface area contributed by atoms with Crippen LogP contribution in [0.4, 0.5) is 0 Å². The maximum absolute atomic E-state index is 13.1. The molecule has 2 aliphatic rings. The van der Waals surface area contributed by atoms with Gasteiger partial charge in [-0.3, -0.25) is 4.79 Å². The number of piperidine rings is 1. The Morgan fingerprint density at radius 2 is 1.85 bits per heavy atom. The van der Waals surface area contributed by atoms with Gasteiger partial charge < -0.3 is 9.32 Å². The van der Waals surface area contributed by atoms with E-state index in [1.54, 1.807) is 6.26 Å². The van der Waals surface area contributed by atoms with Gasteiger partial charge in [-0.2, -0.15) is 0 Å². The molecule has 0 bridgehead atoms. The summed E-state index contributed by atoms with van der Waals surface area (Å²) in [7, 11) is 0. The summed E-state index contributed by atoms with van der Waals surface area (Å²) in [5, 5.41) is 0. The van der Waals surface area contributed by atoms with Gasteiger partial charge in [-0.15, -0.1) is 0 Å². The van der Waals surface area contributed by atoms with Crippen LogP contribution in [0.2, 0.25) is 0 Å². The number of nitrogens with zero attached hydrogens (tertiary/aromatic N) is 2. The quantitative estimate of drug-likeness (QED) is 0.778. The standard InChI is InChI=1S/C23H30N2O2/c1-3-17-8-10-18(11-9-17)20-12-21(22-24-16(2)15-27-22)14-25(13-20)23(26)19-6-4-5-7-19/h8-11,15,19-21H,3-7,12-14H2,1-2H3. The second-order valence-corrected chi connectivity index (χ2v) is 8.28. The van der Waals surface area contributed by atoms with Crippen LogP contribution in [0.1, 0.15) is 73.6 Å². The molecule has 2 heterocycles. The average Bonchev–Trinajstić information content (AvgIpc) is 3.39. The summed E-state index contributed by atoms with van der Waals surface area (Å²) < 4.78 is 5.73. The van der Waals surface area contributed by atoms with Gasteiger partial charge in [-0.1, -0.05) is 44.0 Å². The molecule has 2 atom stereocenters. The number of carbonyl (C=O) groups is 1. The molecule has 144 valence electrons. The molecule has 27 heavy (non-hydrogen) atoms. The van der Waals surface area contributed by atoms with Crippen LogP contribution in [0.3, 0.4) is 0 Å². The van der Waals surface area contributed by atoms with E-state index in [2.05, 4.69) is 41.1 Å². The molecule has 0 radical (unpaired) electrons. The summed E-state index contributed by atoms with van der Waals surface area (Å²) in [6.07, 6.45) is 8.23. The summed E-state index contributed by atoms with van der Waals surface area (Å²) in [5.41, 5.74) is 3.59. The van der Waals surface area contributed by atoms with E-state index in [-0.39, 0.29) is 11.8 Å². The molecule has 2 fully saturated rings. The third kappa shape index (κ3) is 3.95. The molecule has 1 saturated carbocycles. The second kappa shape index (κ2) is 7.87. The average molecular weight is 367 g/mol. The molecule has 0 spiro atoms. The van der Waals surface area contributed by atoms with Gasteiger partial charge in [0.2, 0.25) is 5.91 Å². The third-order valence-electron chi connectivity index (χ3n) is 6.31. The fraction of sp³-hybridized carbons (Fsp3) is 0.565. The number of hydrogen-bond acceptors (Lipinski definition) is 3. The van der Waals surface area contributed by atoms with Crippen molar-refractivity contribution in [3.05, 3.63) is 53.2 Å². The zero-order valence-electron chi connectivity index (χ0n) is 16.5. The molecule has 1 aliphatic carbocycles. The van der Waals surface area contributed by atoms with Gasteiger partial charge in [0.25, 0.3) is 0 Å². The molecule has 2 unspecified atom stereocenters. The monoisotopic (exact) mass is 366 g/mol. The highest BCUT2D eigenvalue weighted by Gasteiger charge is 2.36. The number of hydrogen-bond donors (Lipinski definition) is 0. The van der Waals surface area contributed by atoms with Crippen molar-refractivity contribution in [3.8, 4) is 0 Å². The Balaban J connectivity index is 1.58. The van der Waals surface area contributed by atoms with Crippen LogP contribution < -0.4 is 0 Å². The van der Waals surface area contributed by atoms with Crippen LogP contribution in [0, 0.1) is 12.8 Å². The van der Waals surface area contributed by atoms with Crippen molar-refractivity contribution in [3.63, 3.8) is 0 Å². The van der Waals surface area contributed by atoms with Crippen LogP contribution in [-0.4, -0.2) is 28.9 Å². The van der Waals surface area contributed by atoms with Crippen molar-refractivity contribution in [1.82, 2.24) is 9.88 Å². The van der Waals surface area contributed by atoms with Gasteiger partial charge in [-0.05, 0) is 43.7 Å². The number of amides is 1. The predicted molar refractivity (Wildman–Crippen MR) is 106 cm³/mol. The Bertz CT molecular complexity index is 774. The van der Waals surface area contributed by atoms with Crippen molar-refractivity contribution < 1.29 is 9.21 Å². The van der Waals surface area contributed by atoms with Gasteiger partial charge in [-0.25, -0.2) is 4.98 Å². The van der Waals surface area contributed by atoms with E-state index >= 15 is 0 Å². The first-order chi connectivity index (χ1) is 13.1. The first-order valence-electron chi connectivity index (χ1n) is 10.4. The number of likely N-dealkylation sites (tertiary alicyclic amines) is 1. The van der Waals surface area contributed by atoms with E-state index in [1.807, 2.05) is 6.92 Å². The van der Waals surface area contributed by atoms with Crippen molar-refractivity contribution in [2.75, 3.05) is 13.1 Å². The Kier molecular flexibility index (Phi) is 5.33. The molecule has 4 nitrogen and oxygen atoms in total. The Morgan fingerprint density at radius 3 is 2.48 bits per heavy atom. The number of aryl methyl sites for hydroxylation is 2. The van der Waals surface area contributed by atoms with Crippen LogP contribution in [0.5, 0.6) is 0 Å². The highest BCUT2D eigenvalue weighted by atomic mass is 16.3. The first-order valence-corrected chi connectivity index (χ1v) is 10.4. The first kappa shape index (κ1) is 18.3. The lowest BCUT2D eigenvalue weighted by atomic mass is 9.83. The molecule has 1 aromatic carbocycles. The predicted octanol–water partition coefficient (Wildman–Crippen LogP) is 4.84. The summed E-state index contributed by atoms with van der Waals surface area (Å²) in [6, 6.07) is 8.92. The lowest BCUT2D eigenvalue weighted by Crippen LogP contribution is -2.44. The van der Waals surface area contributed by atoms with Crippen LogP contribution in [-0.2, 0) is 11.2 Å². The zero-order chi connectivity index (χ0) is 18.8. The van der Waals surface area contributed by atoms with Gasteiger partial charge in [0.05, 0.1) is 11.6 Å². The van der Waals surface area contributed by atoms with Crippen molar-refractivity contribution in [2.45, 2.75) is 64.2 Å². The largest absolute Gasteiger partial charge is 0.448 e. The fourth-order valence-corrected chi connectivity index (χ4v) is 4.72. The second-order valence-electron chi connectivity index (χ2n) is 8.28. The molecule has 4 rings (SSSR count). The van der Waals surface area contributed by atoms with E-state index in [9.17, 15) is 4.79 Å². The van der Waals surface area contributed by atoms with E-state index in [0.717, 1.165) is 50.4 Å². The van der Waals surface area contributed by atoms with Crippen molar-refractivity contribution >= 4 is 5.91 Å². The molecular weight excluding hydrogens is 336 g/mol. The van der Waals surface area contributed by atoms with E-state index < -0.39 is 0 Å². The van der Waals surface area contributed by atoms with Gasteiger partial charge in [0.15, 0.2) is 5.89 Å². The maximum Gasteiger partial charge on any atom is 0.225 e. The number of oxazole rings is 1. The minimum atomic E-state index is 0.175. The van der Waals surface area contributed by atoms with Gasteiger partial charge >= 0.3 is 0 Å². The fourth-order valence-electron chi connectivity index (χ4n) is 4.72.